The van der Waals surface area contributed by atoms with Gasteiger partial charge < -0.3 is 10.1 Å². The molecule has 1 rings (SSSR count). The van der Waals surface area contributed by atoms with Gasteiger partial charge in [-0.2, -0.15) is 0 Å². The molecule has 0 unspecified atom stereocenters. The normalized spacial score (nSPS) is 12.2. The van der Waals surface area contributed by atoms with Crippen molar-refractivity contribution in [2.24, 2.45) is 0 Å². The maximum atomic E-state index is 11.7. The first-order chi connectivity index (χ1) is 9.50. The molecule has 0 radical (unpaired) electrons. The molecule has 1 aromatic rings. The summed E-state index contributed by atoms with van der Waals surface area (Å²) in [5, 5.41) is 3.20. The highest BCUT2D eigenvalue weighted by molar-refractivity contribution is 7.90. The van der Waals surface area contributed by atoms with Gasteiger partial charge in [0.05, 0.1) is 11.4 Å². The van der Waals surface area contributed by atoms with Crippen LogP contribution in [0.5, 0.6) is 0 Å². The number of ether oxygens (including phenoxy) is 1. The van der Waals surface area contributed by atoms with Crippen LogP contribution in [0, 0.1) is 0 Å². The maximum Gasteiger partial charge on any atom is 0.320 e. The molecular formula is C14H20ClNO4S. The number of esters is 1. The van der Waals surface area contributed by atoms with Crippen molar-refractivity contribution in [1.29, 1.82) is 0 Å². The SMILES string of the molecule is CC(C)(C)OC(=O)CNCc1c(Cl)cccc1S(C)(=O)=O. The highest BCUT2D eigenvalue weighted by Crippen LogP contribution is 2.23. The average molecular weight is 334 g/mol. The lowest BCUT2D eigenvalue weighted by Crippen LogP contribution is -2.31. The molecule has 1 N–H and O–H groups in total. The fourth-order valence-corrected chi connectivity index (χ4v) is 2.98. The molecule has 5 nitrogen and oxygen atoms in total. The van der Waals surface area contributed by atoms with Crippen molar-refractivity contribution in [3.05, 3.63) is 28.8 Å². The molecule has 0 saturated heterocycles. The van der Waals surface area contributed by atoms with Crippen LogP contribution in [0.1, 0.15) is 26.3 Å². The summed E-state index contributed by atoms with van der Waals surface area (Å²) in [5.74, 6) is -0.407. The second-order valence-electron chi connectivity index (χ2n) is 5.68. The van der Waals surface area contributed by atoms with E-state index in [1.807, 2.05) is 0 Å². The van der Waals surface area contributed by atoms with E-state index >= 15 is 0 Å². The van der Waals surface area contributed by atoms with Gasteiger partial charge in [-0.15, -0.1) is 0 Å². The largest absolute Gasteiger partial charge is 0.459 e. The van der Waals surface area contributed by atoms with E-state index < -0.39 is 21.4 Å². The number of hydrogen-bond donors (Lipinski definition) is 1. The standard InChI is InChI=1S/C14H20ClNO4S/c1-14(2,3)20-13(17)9-16-8-10-11(15)6-5-7-12(10)21(4,18)19/h5-7,16H,8-9H2,1-4H3. The van der Waals surface area contributed by atoms with Gasteiger partial charge in [0.1, 0.15) is 5.60 Å². The Morgan fingerprint density at radius 3 is 2.48 bits per heavy atom. The summed E-state index contributed by atoms with van der Waals surface area (Å²) in [6, 6.07) is 4.68. The number of benzene rings is 1. The van der Waals surface area contributed by atoms with E-state index in [-0.39, 0.29) is 18.0 Å². The fraction of sp³-hybridized carbons (Fsp3) is 0.500. The molecule has 1 aromatic carbocycles. The van der Waals surface area contributed by atoms with Crippen LogP contribution < -0.4 is 5.32 Å². The monoisotopic (exact) mass is 333 g/mol. The predicted molar refractivity (Wildman–Crippen MR) is 82.1 cm³/mol. The molecule has 7 heteroatoms. The number of sulfone groups is 1. The third-order valence-electron chi connectivity index (χ3n) is 2.47. The van der Waals surface area contributed by atoms with Crippen LogP contribution >= 0.6 is 11.6 Å². The van der Waals surface area contributed by atoms with Crippen molar-refractivity contribution in [3.63, 3.8) is 0 Å². The molecule has 21 heavy (non-hydrogen) atoms. The van der Waals surface area contributed by atoms with E-state index in [0.717, 1.165) is 6.26 Å². The minimum atomic E-state index is -3.38. The number of nitrogens with one attached hydrogen (secondary N) is 1. The van der Waals surface area contributed by atoms with Crippen LogP contribution in [0.15, 0.2) is 23.1 Å². The lowest BCUT2D eigenvalue weighted by Gasteiger charge is -2.19. The number of carbonyl (C=O) groups excluding carboxylic acids is 1. The van der Waals surface area contributed by atoms with Gasteiger partial charge in [0, 0.05) is 23.4 Å². The smallest absolute Gasteiger partial charge is 0.320 e. The van der Waals surface area contributed by atoms with Gasteiger partial charge in [-0.25, -0.2) is 8.42 Å². The van der Waals surface area contributed by atoms with Gasteiger partial charge in [-0.05, 0) is 32.9 Å². The van der Waals surface area contributed by atoms with E-state index in [0.29, 0.717) is 10.6 Å². The minimum absolute atomic E-state index is 0.0221. The van der Waals surface area contributed by atoms with Gasteiger partial charge in [0.2, 0.25) is 0 Å². The van der Waals surface area contributed by atoms with Gasteiger partial charge in [-0.1, -0.05) is 17.7 Å². The van der Waals surface area contributed by atoms with Crippen molar-refractivity contribution in [2.45, 2.75) is 37.8 Å². The summed E-state index contributed by atoms with van der Waals surface area (Å²) in [5.41, 5.74) is -0.105. The van der Waals surface area contributed by atoms with Crippen LogP contribution in [0.25, 0.3) is 0 Å². The summed E-state index contributed by atoms with van der Waals surface area (Å²) in [7, 11) is -3.38. The number of rotatable bonds is 5. The Hall–Kier alpha value is -1.11. The van der Waals surface area contributed by atoms with E-state index in [4.69, 9.17) is 16.3 Å². The van der Waals surface area contributed by atoms with Crippen LogP contribution in [0.4, 0.5) is 0 Å². The van der Waals surface area contributed by atoms with Crippen molar-refractivity contribution < 1.29 is 17.9 Å². The quantitative estimate of drug-likeness (QED) is 0.836. The molecule has 0 aliphatic rings. The Morgan fingerprint density at radius 1 is 1.33 bits per heavy atom. The molecule has 0 aromatic heterocycles. The third-order valence-corrected chi connectivity index (χ3v) is 4.00. The molecule has 0 aliphatic carbocycles. The highest BCUT2D eigenvalue weighted by atomic mass is 35.5. The van der Waals surface area contributed by atoms with E-state index in [1.165, 1.54) is 6.07 Å². The van der Waals surface area contributed by atoms with Crippen molar-refractivity contribution in [1.82, 2.24) is 5.32 Å². The van der Waals surface area contributed by atoms with Crippen molar-refractivity contribution >= 4 is 27.4 Å². The lowest BCUT2D eigenvalue weighted by atomic mass is 10.2. The number of halogens is 1. The highest BCUT2D eigenvalue weighted by Gasteiger charge is 2.18. The fourth-order valence-electron chi connectivity index (χ4n) is 1.72. The molecule has 0 amide bonds. The molecule has 0 saturated carbocycles. The summed E-state index contributed by atoms with van der Waals surface area (Å²) in [4.78, 5) is 11.7. The van der Waals surface area contributed by atoms with Crippen LogP contribution in [-0.2, 0) is 25.9 Å². The molecule has 0 spiro atoms. The second kappa shape index (κ2) is 6.77. The molecule has 0 heterocycles. The first-order valence-electron chi connectivity index (χ1n) is 6.41. The Bertz CT molecular complexity index is 620. The molecule has 0 fully saturated rings. The molecule has 0 aliphatic heterocycles. The van der Waals surface area contributed by atoms with Gasteiger partial charge in [-0.3, -0.25) is 4.79 Å². The van der Waals surface area contributed by atoms with Gasteiger partial charge in [0.25, 0.3) is 0 Å². The molecule has 0 bridgehead atoms. The summed E-state index contributed by atoms with van der Waals surface area (Å²) in [6.07, 6.45) is 1.12. The van der Waals surface area contributed by atoms with E-state index in [2.05, 4.69) is 5.32 Å². The van der Waals surface area contributed by atoms with E-state index in [1.54, 1.807) is 32.9 Å². The van der Waals surface area contributed by atoms with Crippen LogP contribution in [-0.4, -0.2) is 32.8 Å². The first-order valence-corrected chi connectivity index (χ1v) is 8.67. The van der Waals surface area contributed by atoms with Gasteiger partial charge >= 0.3 is 5.97 Å². The average Bonchev–Trinajstić information content (AvgIpc) is 2.27. The Kier molecular flexibility index (Phi) is 5.78. The van der Waals surface area contributed by atoms with Crippen LogP contribution in [0.2, 0.25) is 5.02 Å². The summed E-state index contributed by atoms with van der Waals surface area (Å²) in [6.45, 7) is 5.48. The zero-order valence-corrected chi connectivity index (χ0v) is 14.1. The Morgan fingerprint density at radius 2 is 1.95 bits per heavy atom. The lowest BCUT2D eigenvalue weighted by molar-refractivity contribution is -0.153. The van der Waals surface area contributed by atoms with Crippen LogP contribution in [0.3, 0.4) is 0 Å². The second-order valence-corrected chi connectivity index (χ2v) is 8.07. The predicted octanol–water partition coefficient (Wildman–Crippen LogP) is 2.17. The van der Waals surface area contributed by atoms with E-state index in [9.17, 15) is 13.2 Å². The first kappa shape index (κ1) is 17.9. The zero-order valence-electron chi connectivity index (χ0n) is 12.6. The summed E-state index contributed by atoms with van der Waals surface area (Å²) < 4.78 is 28.6. The zero-order chi connectivity index (χ0) is 16.3. The molecule has 0 atom stereocenters. The van der Waals surface area contributed by atoms with Crippen molar-refractivity contribution in [3.8, 4) is 0 Å². The minimum Gasteiger partial charge on any atom is -0.459 e. The number of carbonyl (C=O) groups is 1. The molecular weight excluding hydrogens is 314 g/mol. The maximum absolute atomic E-state index is 11.7. The van der Waals surface area contributed by atoms with Crippen molar-refractivity contribution in [2.75, 3.05) is 12.8 Å². The van der Waals surface area contributed by atoms with Gasteiger partial charge in [0.15, 0.2) is 9.84 Å². The Balaban J connectivity index is 2.75. The topological polar surface area (TPSA) is 72.5 Å². The molecule has 118 valence electrons. The Labute approximate surface area is 130 Å². The summed E-state index contributed by atoms with van der Waals surface area (Å²) >= 11 is 6.04. The number of hydrogen-bond acceptors (Lipinski definition) is 5. The third kappa shape index (κ3) is 6.03.